The number of hydrogen-bond acceptors (Lipinski definition) is 6. The summed E-state index contributed by atoms with van der Waals surface area (Å²) >= 11 is 0. The van der Waals surface area contributed by atoms with Crippen molar-refractivity contribution in [1.29, 1.82) is 0 Å². The van der Waals surface area contributed by atoms with Gasteiger partial charge in [-0.1, -0.05) is 152 Å². The second kappa shape index (κ2) is 18.3. The molecule has 0 unspecified atom stereocenters. The number of rotatable bonds is 10. The maximum atomic E-state index is 11.3. The number of phosphoric acid groups is 1. The van der Waals surface area contributed by atoms with E-state index in [1.807, 2.05) is 6.92 Å². The number of phosphoric ester groups is 1. The molecule has 1 heterocycles. The number of unbranched alkanes of at least 4 members (excludes halogenated alkanes) is 1. The normalized spacial score (nSPS) is 17.6. The van der Waals surface area contributed by atoms with Crippen LogP contribution in [0.25, 0.3) is 0 Å². The van der Waals surface area contributed by atoms with Crippen LogP contribution in [0.15, 0.2) is 121 Å². The maximum absolute atomic E-state index is 11.3. The van der Waals surface area contributed by atoms with Gasteiger partial charge in [-0.15, -0.1) is 0 Å². The fourth-order valence-electron chi connectivity index (χ4n) is 3.35. The van der Waals surface area contributed by atoms with Crippen LogP contribution >= 0.6 is 25.0 Å². The van der Waals surface area contributed by atoms with Gasteiger partial charge in [0, 0.05) is 0 Å². The Bertz CT molecular complexity index is 1080. The number of hydrogen-bond donors (Lipinski definition) is 2. The van der Waals surface area contributed by atoms with Crippen LogP contribution in [-0.4, -0.2) is 29.4 Å². The van der Waals surface area contributed by atoms with E-state index >= 15 is 0 Å². The number of benzene rings is 4. The summed E-state index contributed by atoms with van der Waals surface area (Å²) in [6.07, 6.45) is -0.768. The summed E-state index contributed by atoms with van der Waals surface area (Å²) in [5, 5.41) is 22.7. The molecule has 6 nitrogen and oxygen atoms in total. The van der Waals surface area contributed by atoms with E-state index in [-0.39, 0.29) is 6.42 Å². The first-order valence-corrected chi connectivity index (χ1v) is 16.6. The van der Waals surface area contributed by atoms with Gasteiger partial charge in [-0.2, -0.15) is 0 Å². The lowest BCUT2D eigenvalue weighted by molar-refractivity contribution is -0.171. The Morgan fingerprint density at radius 1 is 0.700 bits per heavy atom. The van der Waals surface area contributed by atoms with Crippen molar-refractivity contribution >= 4 is 46.2 Å². The van der Waals surface area contributed by atoms with Gasteiger partial charge in [-0.3, -0.25) is 13.6 Å². The first-order valence-electron chi connectivity index (χ1n) is 13.2. The quantitative estimate of drug-likeness (QED) is 0.140. The van der Waals surface area contributed by atoms with Gasteiger partial charge >= 0.3 is 7.82 Å². The summed E-state index contributed by atoms with van der Waals surface area (Å²) in [6, 6.07) is 42.3. The Labute approximate surface area is 240 Å². The molecular weight excluding hydrogens is 561 g/mol. The highest BCUT2D eigenvalue weighted by molar-refractivity contribution is 7.55. The molecule has 0 aliphatic carbocycles. The van der Waals surface area contributed by atoms with Crippen molar-refractivity contribution in [2.75, 3.05) is 6.61 Å². The van der Waals surface area contributed by atoms with Gasteiger partial charge in [-0.25, -0.2) is 4.57 Å². The van der Waals surface area contributed by atoms with Gasteiger partial charge in [0.2, 0.25) is 0 Å². The zero-order valence-corrected chi connectivity index (χ0v) is 25.4. The van der Waals surface area contributed by atoms with Crippen LogP contribution in [0.1, 0.15) is 26.2 Å². The van der Waals surface area contributed by atoms with Crippen molar-refractivity contribution in [2.45, 2.75) is 38.8 Å². The summed E-state index contributed by atoms with van der Waals surface area (Å²) in [5.41, 5.74) is 0. The maximum Gasteiger partial charge on any atom is 0.479 e. The molecule has 1 aliphatic rings. The topological polar surface area (TPSA) is 85.2 Å². The lowest BCUT2D eigenvalue weighted by atomic mass is 10.4. The Balaban J connectivity index is 0.000000165. The van der Waals surface area contributed by atoms with Gasteiger partial charge in [0.05, 0.1) is 13.0 Å². The van der Waals surface area contributed by atoms with Crippen molar-refractivity contribution in [1.82, 2.24) is 0 Å². The Kier molecular flexibility index (Phi) is 14.7. The van der Waals surface area contributed by atoms with Gasteiger partial charge in [0.1, 0.15) is 0 Å². The van der Waals surface area contributed by atoms with Gasteiger partial charge in [0.25, 0.3) is 0 Å². The molecule has 0 spiro atoms. The third-order valence-corrected chi connectivity index (χ3v) is 9.29. The van der Waals surface area contributed by atoms with Crippen LogP contribution < -0.4 is 21.2 Å². The number of aliphatic hydroxyl groups is 2. The minimum atomic E-state index is -3.36. The van der Waals surface area contributed by atoms with Crippen LogP contribution in [0, 0.1) is 0 Å². The molecule has 212 valence electrons. The van der Waals surface area contributed by atoms with Crippen LogP contribution in [0.2, 0.25) is 0 Å². The van der Waals surface area contributed by atoms with E-state index in [1.54, 1.807) is 0 Å². The first kappa shape index (κ1) is 32.3. The predicted molar refractivity (Wildman–Crippen MR) is 168 cm³/mol. The van der Waals surface area contributed by atoms with Gasteiger partial charge in [-0.05, 0) is 27.6 Å². The van der Waals surface area contributed by atoms with E-state index in [2.05, 4.69) is 121 Å². The van der Waals surface area contributed by atoms with E-state index in [1.165, 1.54) is 21.2 Å². The Hall–Kier alpha value is -2.23. The van der Waals surface area contributed by atoms with Gasteiger partial charge < -0.3 is 10.2 Å². The predicted octanol–water partition coefficient (Wildman–Crippen LogP) is 5.62. The average Bonchev–Trinajstić information content (AvgIpc) is 2.95. The van der Waals surface area contributed by atoms with Crippen molar-refractivity contribution in [3.63, 3.8) is 0 Å². The zero-order chi connectivity index (χ0) is 28.5. The summed E-state index contributed by atoms with van der Waals surface area (Å²) in [4.78, 5) is 0. The standard InChI is InChI=1S/2C12H11P.C7H15O6P/c2*1-3-7-11(8-4-1)13-12-9-5-2-6-10-12;1-2-3-4-11-14(10)12-7(13-14)5-6(8)9/h2*1-10,13H;6-9H,2-5H2,1H3. The zero-order valence-electron chi connectivity index (χ0n) is 22.5. The molecule has 1 saturated heterocycles. The molecule has 0 radical (unpaired) electrons. The third-order valence-electron chi connectivity index (χ3n) is 5.32. The fraction of sp³-hybridized carbons (Fsp3) is 0.226. The minimum absolute atomic E-state index is 0.124. The first-order chi connectivity index (χ1) is 19.5. The highest BCUT2D eigenvalue weighted by atomic mass is 31.2. The van der Waals surface area contributed by atoms with E-state index in [0.717, 1.165) is 30.0 Å². The summed E-state index contributed by atoms with van der Waals surface area (Å²) in [6.45, 7) is 2.30. The molecule has 5 rings (SSSR count). The van der Waals surface area contributed by atoms with E-state index < -0.39 is 20.4 Å². The molecule has 40 heavy (non-hydrogen) atoms. The molecule has 4 aromatic rings. The smallest absolute Gasteiger partial charge is 0.368 e. The second-order valence-corrected chi connectivity index (χ2v) is 13.1. The van der Waals surface area contributed by atoms with Crippen LogP contribution in [-0.2, 0) is 18.1 Å². The molecule has 0 aromatic heterocycles. The summed E-state index contributed by atoms with van der Waals surface area (Å²) in [7, 11) is -1.80. The van der Waals surface area contributed by atoms with E-state index in [0.29, 0.717) is 6.61 Å². The molecule has 0 atom stereocenters. The van der Waals surface area contributed by atoms with Crippen molar-refractivity contribution < 1.29 is 28.3 Å². The molecule has 1 fully saturated rings. The third kappa shape index (κ3) is 13.0. The molecular formula is C31H37O6P3. The number of aliphatic hydroxyl groups excluding tert-OH is 1. The summed E-state index contributed by atoms with van der Waals surface area (Å²) in [5.74, 6) is 0. The van der Waals surface area contributed by atoms with Crippen molar-refractivity contribution in [3.05, 3.63) is 121 Å². The van der Waals surface area contributed by atoms with Crippen LogP contribution in [0.5, 0.6) is 0 Å². The second-order valence-electron chi connectivity index (χ2n) is 8.70. The highest BCUT2D eigenvalue weighted by Crippen LogP contribution is 2.61. The fourth-order valence-corrected chi connectivity index (χ4v) is 6.70. The lowest BCUT2D eigenvalue weighted by Crippen LogP contribution is -2.30. The largest absolute Gasteiger partial charge is 0.479 e. The van der Waals surface area contributed by atoms with Crippen LogP contribution in [0.4, 0.5) is 0 Å². The lowest BCUT2D eigenvalue weighted by Gasteiger charge is -2.33. The molecule has 0 amide bonds. The average molecular weight is 599 g/mol. The SMILES string of the molecule is CCCCOP1(=O)OC(CC(O)O)O1.c1ccc(Pc2ccccc2)cc1.c1ccc(Pc2ccccc2)cc1. The molecule has 0 bridgehead atoms. The molecule has 2 N–H and O–H groups in total. The highest BCUT2D eigenvalue weighted by Gasteiger charge is 2.45. The Morgan fingerprint density at radius 3 is 1.35 bits per heavy atom. The van der Waals surface area contributed by atoms with Crippen molar-refractivity contribution in [3.8, 4) is 0 Å². The molecule has 1 aliphatic heterocycles. The summed E-state index contributed by atoms with van der Waals surface area (Å²) < 4.78 is 25.7. The monoisotopic (exact) mass is 598 g/mol. The Morgan fingerprint density at radius 2 is 1.05 bits per heavy atom. The molecule has 9 heteroatoms. The molecule has 4 aromatic carbocycles. The minimum Gasteiger partial charge on any atom is -0.368 e. The van der Waals surface area contributed by atoms with Crippen LogP contribution in [0.3, 0.4) is 0 Å². The van der Waals surface area contributed by atoms with Crippen molar-refractivity contribution in [2.24, 2.45) is 0 Å². The van der Waals surface area contributed by atoms with E-state index in [4.69, 9.17) is 23.8 Å². The van der Waals surface area contributed by atoms with Gasteiger partial charge in [0.15, 0.2) is 12.6 Å². The molecule has 0 saturated carbocycles. The van der Waals surface area contributed by atoms with E-state index in [9.17, 15) is 4.57 Å².